The Labute approximate surface area is 125 Å². The summed E-state index contributed by atoms with van der Waals surface area (Å²) in [6.45, 7) is 5.17. The van der Waals surface area contributed by atoms with E-state index >= 15 is 0 Å². The van der Waals surface area contributed by atoms with E-state index in [9.17, 15) is 13.2 Å². The first kappa shape index (κ1) is 15.9. The Morgan fingerprint density at radius 1 is 1.43 bits per heavy atom. The molecule has 1 aliphatic heterocycles. The maximum Gasteiger partial charge on any atom is 0.337 e. The minimum absolute atomic E-state index is 0.128. The van der Waals surface area contributed by atoms with Gasteiger partial charge in [0.05, 0.1) is 17.6 Å². The van der Waals surface area contributed by atoms with Crippen molar-refractivity contribution in [2.45, 2.75) is 24.8 Å². The number of nitrogens with zero attached hydrogens (tertiary/aromatic N) is 1. The molecule has 0 bridgehead atoms. The monoisotopic (exact) mass is 312 g/mol. The van der Waals surface area contributed by atoms with Gasteiger partial charge >= 0.3 is 5.97 Å². The van der Waals surface area contributed by atoms with Gasteiger partial charge in [-0.15, -0.1) is 0 Å². The standard InChI is InChI=1S/C14H20N2O4S/c1-10-8-12(14(17)20-3)4-5-13(10)21(18,19)16-7-6-15-11(2)9-16/h4-5,8,11,15H,6-7,9H2,1-3H3. The van der Waals surface area contributed by atoms with Gasteiger partial charge in [0, 0.05) is 25.7 Å². The van der Waals surface area contributed by atoms with Crippen LogP contribution in [-0.4, -0.2) is 51.5 Å². The number of ether oxygens (including phenoxy) is 1. The van der Waals surface area contributed by atoms with Crippen molar-refractivity contribution in [2.24, 2.45) is 0 Å². The Hall–Kier alpha value is -1.44. The fourth-order valence-electron chi connectivity index (χ4n) is 2.44. The molecule has 1 heterocycles. The molecule has 0 radical (unpaired) electrons. The highest BCUT2D eigenvalue weighted by molar-refractivity contribution is 7.89. The van der Waals surface area contributed by atoms with Crippen molar-refractivity contribution >= 4 is 16.0 Å². The van der Waals surface area contributed by atoms with Crippen molar-refractivity contribution in [3.05, 3.63) is 29.3 Å². The largest absolute Gasteiger partial charge is 0.465 e. The van der Waals surface area contributed by atoms with Crippen molar-refractivity contribution in [1.29, 1.82) is 0 Å². The number of methoxy groups -OCH3 is 1. The van der Waals surface area contributed by atoms with Crippen LogP contribution >= 0.6 is 0 Å². The molecule has 0 aromatic heterocycles. The average Bonchev–Trinajstić information content (AvgIpc) is 2.46. The van der Waals surface area contributed by atoms with E-state index in [1.54, 1.807) is 13.0 Å². The van der Waals surface area contributed by atoms with E-state index < -0.39 is 16.0 Å². The summed E-state index contributed by atoms with van der Waals surface area (Å²) in [4.78, 5) is 11.7. The Morgan fingerprint density at radius 2 is 2.14 bits per heavy atom. The first-order valence-electron chi connectivity index (χ1n) is 6.78. The molecule has 0 spiro atoms. The van der Waals surface area contributed by atoms with Crippen LogP contribution in [0.4, 0.5) is 0 Å². The molecule has 0 amide bonds. The molecule has 116 valence electrons. The highest BCUT2D eigenvalue weighted by Gasteiger charge is 2.29. The van der Waals surface area contributed by atoms with Crippen LogP contribution in [0, 0.1) is 6.92 Å². The lowest BCUT2D eigenvalue weighted by atomic mass is 10.1. The number of hydrogen-bond acceptors (Lipinski definition) is 5. The quantitative estimate of drug-likeness (QED) is 0.834. The zero-order valence-electron chi connectivity index (χ0n) is 12.4. The number of piperazine rings is 1. The van der Waals surface area contributed by atoms with Gasteiger partial charge < -0.3 is 10.1 Å². The van der Waals surface area contributed by atoms with E-state index in [0.717, 1.165) is 0 Å². The van der Waals surface area contributed by atoms with Gasteiger partial charge in [0.25, 0.3) is 0 Å². The first-order chi connectivity index (χ1) is 9.86. The lowest BCUT2D eigenvalue weighted by Crippen LogP contribution is -2.51. The predicted octanol–water partition coefficient (Wildman–Crippen LogP) is 0.764. The minimum atomic E-state index is -3.53. The molecule has 1 saturated heterocycles. The van der Waals surface area contributed by atoms with Gasteiger partial charge in [-0.1, -0.05) is 0 Å². The van der Waals surface area contributed by atoms with E-state index in [1.165, 1.54) is 23.5 Å². The second-order valence-electron chi connectivity index (χ2n) is 5.19. The Morgan fingerprint density at radius 3 is 2.71 bits per heavy atom. The van der Waals surface area contributed by atoms with Crippen molar-refractivity contribution < 1.29 is 17.9 Å². The number of esters is 1. The summed E-state index contributed by atoms with van der Waals surface area (Å²) in [5.74, 6) is -0.474. The van der Waals surface area contributed by atoms with Gasteiger partial charge in [-0.25, -0.2) is 13.2 Å². The molecule has 7 heteroatoms. The fourth-order valence-corrected chi connectivity index (χ4v) is 4.17. The molecule has 1 atom stereocenters. The predicted molar refractivity (Wildman–Crippen MR) is 78.7 cm³/mol. The third-order valence-corrected chi connectivity index (χ3v) is 5.57. The number of hydrogen-bond donors (Lipinski definition) is 1. The fraction of sp³-hybridized carbons (Fsp3) is 0.500. The van der Waals surface area contributed by atoms with Gasteiger partial charge in [-0.05, 0) is 37.6 Å². The molecule has 2 rings (SSSR count). The van der Waals surface area contributed by atoms with E-state index in [1.807, 2.05) is 6.92 Å². The van der Waals surface area contributed by atoms with Crippen LogP contribution in [-0.2, 0) is 14.8 Å². The number of carbonyl (C=O) groups excluding carboxylic acids is 1. The number of nitrogens with one attached hydrogen (secondary N) is 1. The van der Waals surface area contributed by atoms with E-state index in [0.29, 0.717) is 30.8 Å². The summed E-state index contributed by atoms with van der Waals surface area (Å²) in [6.07, 6.45) is 0. The van der Waals surface area contributed by atoms with Crippen molar-refractivity contribution in [3.63, 3.8) is 0 Å². The summed E-state index contributed by atoms with van der Waals surface area (Å²) < 4.78 is 31.5. The highest BCUT2D eigenvalue weighted by Crippen LogP contribution is 2.22. The smallest absolute Gasteiger partial charge is 0.337 e. The number of benzene rings is 1. The summed E-state index contributed by atoms with van der Waals surface area (Å²) in [5, 5.41) is 3.21. The zero-order chi connectivity index (χ0) is 15.6. The van der Waals surface area contributed by atoms with Crippen LogP contribution in [0.3, 0.4) is 0 Å². The molecule has 0 saturated carbocycles. The third kappa shape index (κ3) is 3.25. The molecule has 1 N–H and O–H groups in total. The van der Waals surface area contributed by atoms with Gasteiger partial charge in [-0.3, -0.25) is 0 Å². The minimum Gasteiger partial charge on any atom is -0.465 e. The van der Waals surface area contributed by atoms with Gasteiger partial charge in [0.15, 0.2) is 0 Å². The summed E-state index contributed by atoms with van der Waals surface area (Å²) >= 11 is 0. The maximum absolute atomic E-state index is 12.7. The lowest BCUT2D eigenvalue weighted by Gasteiger charge is -2.31. The lowest BCUT2D eigenvalue weighted by molar-refractivity contribution is 0.0600. The Kier molecular flexibility index (Phi) is 4.65. The summed E-state index contributed by atoms with van der Waals surface area (Å²) in [7, 11) is -2.24. The molecule has 1 fully saturated rings. The number of sulfonamides is 1. The van der Waals surface area contributed by atoms with Crippen LogP contribution < -0.4 is 5.32 Å². The third-order valence-electron chi connectivity index (χ3n) is 3.55. The molecule has 21 heavy (non-hydrogen) atoms. The zero-order valence-corrected chi connectivity index (χ0v) is 13.2. The molecule has 1 unspecified atom stereocenters. The van der Waals surface area contributed by atoms with Crippen LogP contribution in [0.2, 0.25) is 0 Å². The van der Waals surface area contributed by atoms with Gasteiger partial charge in [-0.2, -0.15) is 4.31 Å². The van der Waals surface area contributed by atoms with E-state index in [2.05, 4.69) is 10.1 Å². The molecule has 0 aliphatic carbocycles. The molecule has 1 aliphatic rings. The Balaban J connectivity index is 2.34. The van der Waals surface area contributed by atoms with Crippen LogP contribution in [0.5, 0.6) is 0 Å². The second kappa shape index (κ2) is 6.13. The van der Waals surface area contributed by atoms with E-state index in [-0.39, 0.29) is 10.9 Å². The van der Waals surface area contributed by atoms with Crippen molar-refractivity contribution in [1.82, 2.24) is 9.62 Å². The second-order valence-corrected chi connectivity index (χ2v) is 7.10. The average molecular weight is 312 g/mol. The maximum atomic E-state index is 12.7. The summed E-state index contributed by atoms with van der Waals surface area (Å²) in [5.41, 5.74) is 0.895. The van der Waals surface area contributed by atoms with Crippen LogP contribution in [0.1, 0.15) is 22.8 Å². The number of carbonyl (C=O) groups is 1. The molecular formula is C14H20N2O4S. The molecule has 1 aromatic carbocycles. The van der Waals surface area contributed by atoms with Crippen molar-refractivity contribution in [2.75, 3.05) is 26.7 Å². The molecular weight excluding hydrogens is 292 g/mol. The molecule has 1 aromatic rings. The first-order valence-corrected chi connectivity index (χ1v) is 8.22. The molecule has 6 nitrogen and oxygen atoms in total. The highest BCUT2D eigenvalue weighted by atomic mass is 32.2. The van der Waals surface area contributed by atoms with Crippen LogP contribution in [0.15, 0.2) is 23.1 Å². The number of aryl methyl sites for hydroxylation is 1. The topological polar surface area (TPSA) is 75.7 Å². The van der Waals surface area contributed by atoms with Gasteiger partial charge in [0.2, 0.25) is 10.0 Å². The normalized spacial score (nSPS) is 20.2. The van der Waals surface area contributed by atoms with Crippen molar-refractivity contribution in [3.8, 4) is 0 Å². The Bertz CT molecular complexity index is 642. The number of rotatable bonds is 3. The summed E-state index contributed by atoms with van der Waals surface area (Å²) in [6, 6.07) is 4.63. The van der Waals surface area contributed by atoms with Crippen LogP contribution in [0.25, 0.3) is 0 Å². The SMILES string of the molecule is COC(=O)c1ccc(S(=O)(=O)N2CCNC(C)C2)c(C)c1. The van der Waals surface area contributed by atoms with Gasteiger partial charge in [0.1, 0.15) is 0 Å². The van der Waals surface area contributed by atoms with E-state index in [4.69, 9.17) is 0 Å².